The Hall–Kier alpha value is -0.840. The van der Waals surface area contributed by atoms with Crippen LogP contribution < -0.4 is 10.6 Å². The molecule has 2 aromatic rings. The van der Waals surface area contributed by atoms with E-state index in [0.29, 0.717) is 0 Å². The van der Waals surface area contributed by atoms with Crippen LogP contribution in [0.1, 0.15) is 30.0 Å². The van der Waals surface area contributed by atoms with Crippen molar-refractivity contribution in [1.82, 2.24) is 0 Å². The monoisotopic (exact) mass is 366 g/mol. The molecule has 114 valence electrons. The van der Waals surface area contributed by atoms with Gasteiger partial charge in [0.2, 0.25) is 0 Å². The normalized spacial score (nSPS) is 12.4. The average Bonchev–Trinajstić information content (AvgIpc) is 2.84. The van der Waals surface area contributed by atoms with Crippen molar-refractivity contribution in [3.8, 4) is 0 Å². The molecule has 1 heterocycles. The topological polar surface area (TPSA) is 29.3 Å². The van der Waals surface area contributed by atoms with Crippen molar-refractivity contribution in [1.29, 1.82) is 0 Å². The van der Waals surface area contributed by atoms with Crippen molar-refractivity contribution in [3.63, 3.8) is 0 Å². The lowest BCUT2D eigenvalue weighted by atomic mass is 10.00. The highest BCUT2D eigenvalue weighted by atomic mass is 79.9. The first kappa shape index (κ1) is 16.5. The van der Waals surface area contributed by atoms with E-state index in [2.05, 4.69) is 71.4 Å². The summed E-state index contributed by atoms with van der Waals surface area (Å²) in [6, 6.07) is 9.08. The summed E-state index contributed by atoms with van der Waals surface area (Å²) in [5.41, 5.74) is 11.4. The second kappa shape index (κ2) is 7.43. The highest BCUT2D eigenvalue weighted by Gasteiger charge is 2.11. The Morgan fingerprint density at radius 1 is 1.33 bits per heavy atom. The Bertz CT molecular complexity index is 594. The molecule has 0 spiro atoms. The first-order chi connectivity index (χ1) is 9.99. The van der Waals surface area contributed by atoms with Crippen molar-refractivity contribution < 1.29 is 0 Å². The zero-order chi connectivity index (χ0) is 15.4. The van der Waals surface area contributed by atoms with E-state index in [-0.39, 0.29) is 6.04 Å². The number of nitrogens with two attached hydrogens (primary N) is 1. The van der Waals surface area contributed by atoms with Gasteiger partial charge in [-0.05, 0) is 64.3 Å². The van der Waals surface area contributed by atoms with Gasteiger partial charge in [0.25, 0.3) is 0 Å². The first-order valence-electron chi connectivity index (χ1n) is 7.28. The molecule has 1 unspecified atom stereocenters. The molecule has 21 heavy (non-hydrogen) atoms. The molecule has 2 N–H and O–H groups in total. The molecule has 0 saturated carbocycles. The van der Waals surface area contributed by atoms with Crippen LogP contribution in [0.3, 0.4) is 0 Å². The number of rotatable bonds is 6. The summed E-state index contributed by atoms with van der Waals surface area (Å²) >= 11 is 5.26. The number of hydrogen-bond acceptors (Lipinski definition) is 3. The molecule has 1 aromatic heterocycles. The van der Waals surface area contributed by atoms with Crippen LogP contribution in [0.2, 0.25) is 0 Å². The summed E-state index contributed by atoms with van der Waals surface area (Å²) in [6.07, 6.45) is 1.94. The predicted molar refractivity (Wildman–Crippen MR) is 97.3 cm³/mol. The van der Waals surface area contributed by atoms with Gasteiger partial charge in [-0.3, -0.25) is 0 Å². The summed E-state index contributed by atoms with van der Waals surface area (Å²) in [6.45, 7) is 5.20. The minimum Gasteiger partial charge on any atom is -0.370 e. The van der Waals surface area contributed by atoms with Crippen LogP contribution in [0.5, 0.6) is 0 Å². The van der Waals surface area contributed by atoms with Gasteiger partial charge in [0.05, 0.1) is 3.79 Å². The summed E-state index contributed by atoms with van der Waals surface area (Å²) in [7, 11) is 2.15. The number of hydrogen-bond donors (Lipinski definition) is 1. The molecule has 0 saturated heterocycles. The van der Waals surface area contributed by atoms with Crippen LogP contribution in [0, 0.1) is 6.92 Å². The molecule has 1 atom stereocenters. The van der Waals surface area contributed by atoms with Crippen LogP contribution in [-0.2, 0) is 13.0 Å². The van der Waals surface area contributed by atoms with Crippen molar-refractivity contribution in [2.45, 2.75) is 39.3 Å². The molecule has 1 aromatic carbocycles. The Labute approximate surface area is 140 Å². The van der Waals surface area contributed by atoms with Gasteiger partial charge in [-0.25, -0.2) is 0 Å². The molecule has 0 bridgehead atoms. The number of aryl methyl sites for hydroxylation is 1. The highest BCUT2D eigenvalue weighted by molar-refractivity contribution is 9.11. The number of anilines is 1. The smallest absolute Gasteiger partial charge is 0.0701 e. The second-order valence-corrected chi connectivity index (χ2v) is 7.91. The lowest BCUT2D eigenvalue weighted by molar-refractivity contribution is 0.645. The lowest BCUT2D eigenvalue weighted by Crippen LogP contribution is -2.24. The van der Waals surface area contributed by atoms with Crippen LogP contribution in [-0.4, -0.2) is 13.1 Å². The Balaban J connectivity index is 2.20. The highest BCUT2D eigenvalue weighted by Crippen LogP contribution is 2.26. The van der Waals surface area contributed by atoms with Crippen molar-refractivity contribution in [3.05, 3.63) is 50.1 Å². The molecule has 0 amide bonds. The third-order valence-corrected chi connectivity index (χ3v) is 5.25. The standard InChI is InChI=1S/C17H23BrN2S/c1-4-15(19)9-14-7-12(2)5-6-16(14)20(3)10-13-8-17(18)21-11-13/h5-8,11,15H,4,9-10,19H2,1-3H3. The minimum atomic E-state index is 0.231. The second-order valence-electron chi connectivity index (χ2n) is 5.62. The van der Waals surface area contributed by atoms with E-state index in [4.69, 9.17) is 5.73 Å². The molecule has 0 aliphatic heterocycles. The van der Waals surface area contributed by atoms with Crippen molar-refractivity contribution in [2.75, 3.05) is 11.9 Å². The largest absolute Gasteiger partial charge is 0.370 e. The molecule has 0 aliphatic carbocycles. The number of benzene rings is 1. The number of nitrogens with zero attached hydrogens (tertiary/aromatic N) is 1. The fourth-order valence-electron chi connectivity index (χ4n) is 2.46. The summed E-state index contributed by atoms with van der Waals surface area (Å²) in [5, 5.41) is 2.20. The van der Waals surface area contributed by atoms with E-state index in [0.717, 1.165) is 19.4 Å². The summed E-state index contributed by atoms with van der Waals surface area (Å²) in [5.74, 6) is 0. The van der Waals surface area contributed by atoms with Gasteiger partial charge in [0.15, 0.2) is 0 Å². The molecule has 0 radical (unpaired) electrons. The predicted octanol–water partition coefficient (Wildman–Crippen LogP) is 4.74. The SMILES string of the molecule is CCC(N)Cc1cc(C)ccc1N(C)Cc1csc(Br)c1. The van der Waals surface area contributed by atoms with Gasteiger partial charge < -0.3 is 10.6 Å². The fraction of sp³-hybridized carbons (Fsp3) is 0.412. The van der Waals surface area contributed by atoms with Gasteiger partial charge in [-0.15, -0.1) is 11.3 Å². The van der Waals surface area contributed by atoms with Crippen molar-refractivity contribution in [2.24, 2.45) is 5.73 Å². The Morgan fingerprint density at radius 2 is 2.10 bits per heavy atom. The van der Waals surface area contributed by atoms with Gasteiger partial charge >= 0.3 is 0 Å². The van der Waals surface area contributed by atoms with E-state index in [9.17, 15) is 0 Å². The first-order valence-corrected chi connectivity index (χ1v) is 8.96. The fourth-order valence-corrected chi connectivity index (χ4v) is 3.67. The lowest BCUT2D eigenvalue weighted by Gasteiger charge is -2.24. The van der Waals surface area contributed by atoms with E-state index >= 15 is 0 Å². The van der Waals surface area contributed by atoms with E-state index in [1.165, 1.54) is 26.2 Å². The van der Waals surface area contributed by atoms with Gasteiger partial charge in [-0.2, -0.15) is 0 Å². The molecule has 2 rings (SSSR count). The maximum Gasteiger partial charge on any atom is 0.0701 e. The molecule has 4 heteroatoms. The third-order valence-electron chi connectivity index (χ3n) is 3.69. The Kier molecular flexibility index (Phi) is 5.85. The maximum atomic E-state index is 6.16. The number of halogens is 1. The van der Waals surface area contributed by atoms with Gasteiger partial charge in [0, 0.05) is 25.3 Å². The average molecular weight is 367 g/mol. The summed E-state index contributed by atoms with van der Waals surface area (Å²) in [4.78, 5) is 2.31. The molecule has 0 aliphatic rings. The molecular formula is C17H23BrN2S. The minimum absolute atomic E-state index is 0.231. The maximum absolute atomic E-state index is 6.16. The quantitative estimate of drug-likeness (QED) is 0.799. The van der Waals surface area contributed by atoms with Crippen LogP contribution in [0.15, 0.2) is 33.4 Å². The third kappa shape index (κ3) is 4.56. The molecule has 0 fully saturated rings. The summed E-state index contributed by atoms with van der Waals surface area (Å²) < 4.78 is 1.18. The van der Waals surface area contributed by atoms with Gasteiger partial charge in [0.1, 0.15) is 0 Å². The van der Waals surface area contributed by atoms with Gasteiger partial charge in [-0.1, -0.05) is 24.6 Å². The van der Waals surface area contributed by atoms with E-state index < -0.39 is 0 Å². The molecule has 2 nitrogen and oxygen atoms in total. The molecular weight excluding hydrogens is 344 g/mol. The Morgan fingerprint density at radius 3 is 2.71 bits per heavy atom. The van der Waals surface area contributed by atoms with Crippen LogP contribution in [0.4, 0.5) is 5.69 Å². The van der Waals surface area contributed by atoms with Crippen molar-refractivity contribution >= 4 is 33.0 Å². The van der Waals surface area contributed by atoms with E-state index in [1.54, 1.807) is 11.3 Å². The van der Waals surface area contributed by atoms with E-state index in [1.807, 2.05) is 0 Å². The van der Waals surface area contributed by atoms with Crippen LogP contribution in [0.25, 0.3) is 0 Å². The zero-order valence-electron chi connectivity index (χ0n) is 12.9. The zero-order valence-corrected chi connectivity index (χ0v) is 15.3. The van der Waals surface area contributed by atoms with Crippen LogP contribution >= 0.6 is 27.3 Å². The number of thiophene rings is 1.